The van der Waals surface area contributed by atoms with Crippen LogP contribution in [-0.4, -0.2) is 23.9 Å². The number of amides is 2. The minimum Gasteiger partial charge on any atom is -0.347 e. The molecule has 5 nitrogen and oxygen atoms in total. The summed E-state index contributed by atoms with van der Waals surface area (Å²) in [7, 11) is 0. The van der Waals surface area contributed by atoms with Gasteiger partial charge in [-0.2, -0.15) is 0 Å². The predicted octanol–water partition coefficient (Wildman–Crippen LogP) is 2.14. The van der Waals surface area contributed by atoms with Gasteiger partial charge in [0.15, 0.2) is 0 Å². The summed E-state index contributed by atoms with van der Waals surface area (Å²) in [5.41, 5.74) is 6.41. The molecule has 1 atom stereocenters. The van der Waals surface area contributed by atoms with Crippen molar-refractivity contribution in [2.45, 2.75) is 39.7 Å². The summed E-state index contributed by atoms with van der Waals surface area (Å²) in [5, 5.41) is 5.71. The summed E-state index contributed by atoms with van der Waals surface area (Å²) < 4.78 is 0. The molecule has 0 aliphatic heterocycles. The van der Waals surface area contributed by atoms with Crippen molar-refractivity contribution in [3.05, 3.63) is 29.8 Å². The van der Waals surface area contributed by atoms with Crippen LogP contribution in [0.1, 0.15) is 44.5 Å². The highest BCUT2D eigenvalue weighted by atomic mass is 16.2. The summed E-state index contributed by atoms with van der Waals surface area (Å²) in [6, 6.07) is 6.85. The van der Waals surface area contributed by atoms with E-state index in [1.807, 2.05) is 27.7 Å². The molecule has 0 fully saturated rings. The Bertz CT molecular complexity index is 489. The number of benzene rings is 1. The van der Waals surface area contributed by atoms with Crippen LogP contribution in [0.15, 0.2) is 24.3 Å². The molecule has 0 saturated carbocycles. The molecule has 5 heteroatoms. The quantitative estimate of drug-likeness (QED) is 0.777. The van der Waals surface area contributed by atoms with Crippen LogP contribution in [0.25, 0.3) is 0 Å². The van der Waals surface area contributed by atoms with Gasteiger partial charge in [0.1, 0.15) is 0 Å². The van der Waals surface area contributed by atoms with Gasteiger partial charge in [-0.1, -0.05) is 6.92 Å². The number of hydrogen-bond donors (Lipinski definition) is 3. The van der Waals surface area contributed by atoms with Gasteiger partial charge in [0, 0.05) is 22.7 Å². The first-order chi connectivity index (χ1) is 9.73. The van der Waals surface area contributed by atoms with Gasteiger partial charge in [0.25, 0.3) is 5.91 Å². The third-order valence-corrected chi connectivity index (χ3v) is 2.95. The topological polar surface area (TPSA) is 84.2 Å². The molecule has 1 unspecified atom stereocenters. The average molecular weight is 291 g/mol. The fourth-order valence-electron chi connectivity index (χ4n) is 1.76. The number of nitrogens with one attached hydrogen (secondary N) is 2. The SMILES string of the molecule is CC(CCN)C(=O)Nc1ccc(C(=O)NC(C)(C)C)cc1. The third-order valence-electron chi connectivity index (χ3n) is 2.95. The predicted molar refractivity (Wildman–Crippen MR) is 85.1 cm³/mol. The molecule has 0 radical (unpaired) electrons. The van der Waals surface area contributed by atoms with E-state index >= 15 is 0 Å². The summed E-state index contributed by atoms with van der Waals surface area (Å²) in [6.07, 6.45) is 0.651. The summed E-state index contributed by atoms with van der Waals surface area (Å²) in [6.45, 7) is 8.11. The molecule has 0 bridgehead atoms. The van der Waals surface area contributed by atoms with Crippen LogP contribution in [0.4, 0.5) is 5.69 Å². The van der Waals surface area contributed by atoms with E-state index in [2.05, 4.69) is 10.6 Å². The van der Waals surface area contributed by atoms with Gasteiger partial charge < -0.3 is 16.4 Å². The second-order valence-corrected chi connectivity index (χ2v) is 6.25. The lowest BCUT2D eigenvalue weighted by Crippen LogP contribution is -2.40. The standard InChI is InChI=1S/C16H25N3O2/c1-11(9-10-17)14(20)18-13-7-5-12(6-8-13)15(21)19-16(2,3)4/h5-8,11H,9-10,17H2,1-4H3,(H,18,20)(H,19,21). The lowest BCUT2D eigenvalue weighted by Gasteiger charge is -2.20. The normalized spacial score (nSPS) is 12.6. The minimum atomic E-state index is -0.276. The van der Waals surface area contributed by atoms with Crippen LogP contribution in [0.5, 0.6) is 0 Å². The van der Waals surface area contributed by atoms with Gasteiger partial charge in [-0.05, 0) is 58.0 Å². The lowest BCUT2D eigenvalue weighted by atomic mass is 10.1. The first-order valence-electron chi connectivity index (χ1n) is 7.16. The molecule has 2 amide bonds. The molecule has 0 aliphatic carbocycles. The molecule has 0 saturated heterocycles. The zero-order valence-corrected chi connectivity index (χ0v) is 13.2. The fourth-order valence-corrected chi connectivity index (χ4v) is 1.76. The van der Waals surface area contributed by atoms with Crippen LogP contribution < -0.4 is 16.4 Å². The van der Waals surface area contributed by atoms with Gasteiger partial charge in [0.2, 0.25) is 5.91 Å². The van der Waals surface area contributed by atoms with E-state index < -0.39 is 0 Å². The third kappa shape index (κ3) is 5.95. The van der Waals surface area contributed by atoms with Crippen molar-refractivity contribution in [2.24, 2.45) is 11.7 Å². The number of hydrogen-bond acceptors (Lipinski definition) is 3. The van der Waals surface area contributed by atoms with Crippen LogP contribution >= 0.6 is 0 Å². The van der Waals surface area contributed by atoms with Crippen LogP contribution in [0.2, 0.25) is 0 Å². The van der Waals surface area contributed by atoms with Crippen LogP contribution in [0.3, 0.4) is 0 Å². The second kappa shape index (κ2) is 7.22. The second-order valence-electron chi connectivity index (χ2n) is 6.25. The van der Waals surface area contributed by atoms with Gasteiger partial charge in [-0.3, -0.25) is 9.59 Å². The first-order valence-corrected chi connectivity index (χ1v) is 7.16. The van der Waals surface area contributed by atoms with Crippen molar-refractivity contribution < 1.29 is 9.59 Å². The summed E-state index contributed by atoms with van der Waals surface area (Å²) in [5.74, 6) is -0.317. The molecule has 1 aromatic rings. The molecule has 1 aromatic carbocycles. The van der Waals surface area contributed by atoms with Gasteiger partial charge in [-0.15, -0.1) is 0 Å². The first kappa shape index (κ1) is 17.2. The number of nitrogens with two attached hydrogens (primary N) is 1. The zero-order chi connectivity index (χ0) is 16.0. The summed E-state index contributed by atoms with van der Waals surface area (Å²) >= 11 is 0. The number of carbonyl (C=O) groups is 2. The van der Waals surface area contributed by atoms with Crippen molar-refractivity contribution in [3.63, 3.8) is 0 Å². The smallest absolute Gasteiger partial charge is 0.251 e. The van der Waals surface area contributed by atoms with E-state index in [9.17, 15) is 9.59 Å². The molecule has 0 aromatic heterocycles. The van der Waals surface area contributed by atoms with Crippen molar-refractivity contribution in [2.75, 3.05) is 11.9 Å². The van der Waals surface area contributed by atoms with Gasteiger partial charge in [0.05, 0.1) is 0 Å². The maximum absolute atomic E-state index is 12.0. The van der Waals surface area contributed by atoms with Crippen LogP contribution in [-0.2, 0) is 4.79 Å². The largest absolute Gasteiger partial charge is 0.347 e. The maximum Gasteiger partial charge on any atom is 0.251 e. The number of carbonyl (C=O) groups excluding carboxylic acids is 2. The Morgan fingerprint density at radius 2 is 1.76 bits per heavy atom. The van der Waals surface area contributed by atoms with E-state index in [-0.39, 0.29) is 23.3 Å². The Morgan fingerprint density at radius 1 is 1.19 bits per heavy atom. The van der Waals surface area contributed by atoms with Crippen molar-refractivity contribution in [1.29, 1.82) is 0 Å². The van der Waals surface area contributed by atoms with Crippen molar-refractivity contribution in [1.82, 2.24) is 5.32 Å². The highest BCUT2D eigenvalue weighted by molar-refractivity contribution is 5.96. The van der Waals surface area contributed by atoms with E-state index in [0.29, 0.717) is 24.2 Å². The van der Waals surface area contributed by atoms with E-state index in [0.717, 1.165) is 0 Å². The number of anilines is 1. The molecule has 0 aliphatic rings. The highest BCUT2D eigenvalue weighted by Gasteiger charge is 2.16. The Kier molecular flexibility index (Phi) is 5.90. The molecular weight excluding hydrogens is 266 g/mol. The molecule has 1 rings (SSSR count). The fraction of sp³-hybridized carbons (Fsp3) is 0.500. The monoisotopic (exact) mass is 291 g/mol. The Hall–Kier alpha value is -1.88. The molecule has 116 valence electrons. The molecular formula is C16H25N3O2. The van der Waals surface area contributed by atoms with Gasteiger partial charge >= 0.3 is 0 Å². The Labute approximate surface area is 126 Å². The highest BCUT2D eigenvalue weighted by Crippen LogP contribution is 2.13. The number of rotatable bonds is 5. The molecule has 0 spiro atoms. The molecule has 4 N–H and O–H groups in total. The lowest BCUT2D eigenvalue weighted by molar-refractivity contribution is -0.119. The van der Waals surface area contributed by atoms with Crippen molar-refractivity contribution >= 4 is 17.5 Å². The van der Waals surface area contributed by atoms with E-state index in [4.69, 9.17) is 5.73 Å². The maximum atomic E-state index is 12.0. The molecule has 0 heterocycles. The van der Waals surface area contributed by atoms with E-state index in [1.165, 1.54) is 0 Å². The molecule has 21 heavy (non-hydrogen) atoms. The zero-order valence-electron chi connectivity index (χ0n) is 13.2. The summed E-state index contributed by atoms with van der Waals surface area (Å²) in [4.78, 5) is 23.8. The average Bonchev–Trinajstić information content (AvgIpc) is 2.37. The van der Waals surface area contributed by atoms with Crippen molar-refractivity contribution in [3.8, 4) is 0 Å². The van der Waals surface area contributed by atoms with Gasteiger partial charge in [-0.25, -0.2) is 0 Å². The minimum absolute atomic E-state index is 0.0626. The Balaban J connectivity index is 2.66. The Morgan fingerprint density at radius 3 is 2.24 bits per heavy atom. The van der Waals surface area contributed by atoms with Crippen LogP contribution in [0, 0.1) is 5.92 Å². The van der Waals surface area contributed by atoms with E-state index in [1.54, 1.807) is 24.3 Å².